The van der Waals surface area contributed by atoms with Gasteiger partial charge in [0.05, 0.1) is 25.1 Å². The predicted molar refractivity (Wildman–Crippen MR) is 115 cm³/mol. The van der Waals surface area contributed by atoms with Crippen LogP contribution in [0.3, 0.4) is 0 Å². The first kappa shape index (κ1) is 18.8. The quantitative estimate of drug-likeness (QED) is 0.817. The third kappa shape index (κ3) is 4.05. The van der Waals surface area contributed by atoms with E-state index in [1.165, 1.54) is 80.0 Å². The van der Waals surface area contributed by atoms with E-state index in [1.54, 1.807) is 4.88 Å². The molecule has 0 amide bonds. The number of aryl methyl sites for hydroxylation is 2. The average molecular weight is 401 g/mol. The van der Waals surface area contributed by atoms with Gasteiger partial charge in [-0.2, -0.15) is 0 Å². The van der Waals surface area contributed by atoms with Crippen LogP contribution in [0.5, 0.6) is 0 Å². The van der Waals surface area contributed by atoms with Gasteiger partial charge in [-0.1, -0.05) is 32.1 Å². The van der Waals surface area contributed by atoms with Crippen LogP contribution in [0.2, 0.25) is 0 Å². The third-order valence-electron chi connectivity index (χ3n) is 6.53. The van der Waals surface area contributed by atoms with Crippen LogP contribution < -0.4 is 5.32 Å². The topological polar surface area (TPSA) is 50.3 Å². The molecule has 1 aliphatic heterocycles. The van der Waals surface area contributed by atoms with Crippen molar-refractivity contribution in [3.8, 4) is 0 Å². The molecule has 2 aromatic rings. The second kappa shape index (κ2) is 8.64. The number of rotatable bonds is 4. The molecule has 0 radical (unpaired) electrons. The largest absolute Gasteiger partial charge is 0.379 e. The Morgan fingerprint density at radius 1 is 0.964 bits per heavy atom. The first-order valence-electron chi connectivity index (χ1n) is 11.2. The minimum absolute atomic E-state index is 0.562. The summed E-state index contributed by atoms with van der Waals surface area (Å²) in [6, 6.07) is 0.562. The number of fused-ring (bicyclic) bond motifs is 3. The van der Waals surface area contributed by atoms with Crippen molar-refractivity contribution in [2.75, 3.05) is 31.6 Å². The number of nitrogens with zero attached hydrogens (tertiary/aromatic N) is 3. The lowest BCUT2D eigenvalue weighted by Gasteiger charge is -2.26. The summed E-state index contributed by atoms with van der Waals surface area (Å²) in [5.74, 6) is 2.10. The van der Waals surface area contributed by atoms with Crippen LogP contribution in [0.4, 0.5) is 5.82 Å². The average Bonchev–Trinajstić information content (AvgIpc) is 3.25. The molecule has 6 heteroatoms. The monoisotopic (exact) mass is 400 g/mol. The summed E-state index contributed by atoms with van der Waals surface area (Å²) in [5.41, 5.74) is 1.53. The van der Waals surface area contributed by atoms with Gasteiger partial charge in [0, 0.05) is 24.0 Å². The summed E-state index contributed by atoms with van der Waals surface area (Å²) in [4.78, 5) is 15.3. The summed E-state index contributed by atoms with van der Waals surface area (Å²) in [6.07, 6.45) is 13.1. The maximum absolute atomic E-state index is 5.50. The fourth-order valence-electron chi connectivity index (χ4n) is 4.97. The molecule has 1 saturated carbocycles. The number of nitrogens with one attached hydrogen (secondary N) is 1. The second-order valence-electron chi connectivity index (χ2n) is 8.60. The van der Waals surface area contributed by atoms with Crippen LogP contribution in [0.25, 0.3) is 10.2 Å². The number of hydrogen-bond donors (Lipinski definition) is 1. The molecular formula is C22H32N4OS. The summed E-state index contributed by atoms with van der Waals surface area (Å²) >= 11 is 1.91. The highest BCUT2D eigenvalue weighted by Crippen LogP contribution is 2.40. The van der Waals surface area contributed by atoms with E-state index in [4.69, 9.17) is 14.7 Å². The zero-order chi connectivity index (χ0) is 18.8. The Morgan fingerprint density at radius 3 is 2.57 bits per heavy atom. The highest BCUT2D eigenvalue weighted by molar-refractivity contribution is 7.19. The van der Waals surface area contributed by atoms with E-state index in [9.17, 15) is 0 Å². The van der Waals surface area contributed by atoms with Crippen LogP contribution in [-0.2, 0) is 24.1 Å². The Bertz CT molecular complexity index is 806. The van der Waals surface area contributed by atoms with Gasteiger partial charge in [0.2, 0.25) is 0 Å². The fourth-order valence-corrected chi connectivity index (χ4v) is 6.25. The number of hydrogen-bond acceptors (Lipinski definition) is 6. The van der Waals surface area contributed by atoms with Crippen LogP contribution in [0, 0.1) is 0 Å². The van der Waals surface area contributed by atoms with E-state index < -0.39 is 0 Å². The van der Waals surface area contributed by atoms with E-state index in [0.29, 0.717) is 6.04 Å². The van der Waals surface area contributed by atoms with Gasteiger partial charge in [-0.05, 0) is 37.7 Å². The van der Waals surface area contributed by atoms with E-state index in [0.717, 1.165) is 44.5 Å². The maximum atomic E-state index is 5.50. The zero-order valence-electron chi connectivity index (χ0n) is 16.8. The summed E-state index contributed by atoms with van der Waals surface area (Å²) < 4.78 is 5.50. The highest BCUT2D eigenvalue weighted by Gasteiger charge is 2.24. The van der Waals surface area contributed by atoms with Gasteiger partial charge in [-0.25, -0.2) is 9.97 Å². The van der Waals surface area contributed by atoms with Crippen molar-refractivity contribution in [1.29, 1.82) is 0 Å². The van der Waals surface area contributed by atoms with Crippen molar-refractivity contribution in [1.82, 2.24) is 14.9 Å². The normalized spacial score (nSPS) is 22.1. The van der Waals surface area contributed by atoms with Crippen LogP contribution in [0.15, 0.2) is 0 Å². The van der Waals surface area contributed by atoms with Crippen molar-refractivity contribution < 1.29 is 4.74 Å². The molecule has 152 valence electrons. The third-order valence-corrected chi connectivity index (χ3v) is 7.71. The molecule has 0 aromatic carbocycles. The maximum Gasteiger partial charge on any atom is 0.146 e. The Kier molecular flexibility index (Phi) is 5.79. The molecule has 2 aliphatic carbocycles. The van der Waals surface area contributed by atoms with Gasteiger partial charge in [-0.3, -0.25) is 4.90 Å². The van der Waals surface area contributed by atoms with Gasteiger partial charge in [-0.15, -0.1) is 11.3 Å². The van der Waals surface area contributed by atoms with Gasteiger partial charge >= 0.3 is 0 Å². The number of thiophene rings is 1. The smallest absolute Gasteiger partial charge is 0.146 e. The molecule has 3 aliphatic rings. The minimum atomic E-state index is 0.562. The second-order valence-corrected chi connectivity index (χ2v) is 9.68. The number of morpholine rings is 1. The van der Waals surface area contributed by atoms with Crippen LogP contribution in [0.1, 0.15) is 67.6 Å². The van der Waals surface area contributed by atoms with Crippen molar-refractivity contribution in [2.24, 2.45) is 0 Å². The van der Waals surface area contributed by atoms with E-state index in [-0.39, 0.29) is 0 Å². The lowest BCUT2D eigenvalue weighted by molar-refractivity contribution is 0.0331. The van der Waals surface area contributed by atoms with Gasteiger partial charge in [0.15, 0.2) is 0 Å². The molecule has 5 nitrogen and oxygen atoms in total. The molecule has 3 heterocycles. The van der Waals surface area contributed by atoms with Gasteiger partial charge in [0.25, 0.3) is 0 Å². The predicted octanol–water partition coefficient (Wildman–Crippen LogP) is 4.54. The van der Waals surface area contributed by atoms with Crippen molar-refractivity contribution >= 4 is 27.4 Å². The van der Waals surface area contributed by atoms with Crippen molar-refractivity contribution in [2.45, 2.75) is 76.8 Å². The van der Waals surface area contributed by atoms with E-state index >= 15 is 0 Å². The van der Waals surface area contributed by atoms with Crippen LogP contribution in [-0.4, -0.2) is 47.2 Å². The van der Waals surface area contributed by atoms with E-state index in [1.807, 2.05) is 11.3 Å². The molecule has 2 aromatic heterocycles. The molecule has 28 heavy (non-hydrogen) atoms. The van der Waals surface area contributed by atoms with Gasteiger partial charge < -0.3 is 10.1 Å². The zero-order valence-corrected chi connectivity index (χ0v) is 17.7. The molecule has 1 saturated heterocycles. The molecule has 0 bridgehead atoms. The van der Waals surface area contributed by atoms with Crippen LogP contribution >= 0.6 is 11.3 Å². The Labute approximate surface area is 171 Å². The van der Waals surface area contributed by atoms with Gasteiger partial charge in [0.1, 0.15) is 16.5 Å². The Morgan fingerprint density at radius 2 is 1.75 bits per heavy atom. The minimum Gasteiger partial charge on any atom is -0.379 e. The number of aromatic nitrogens is 2. The molecule has 0 spiro atoms. The molecule has 1 N–H and O–H groups in total. The van der Waals surface area contributed by atoms with Crippen molar-refractivity contribution in [3.63, 3.8) is 0 Å². The number of anilines is 1. The lowest BCUT2D eigenvalue weighted by Crippen LogP contribution is -2.36. The summed E-state index contributed by atoms with van der Waals surface area (Å²) in [7, 11) is 0. The summed E-state index contributed by atoms with van der Waals surface area (Å²) in [6.45, 7) is 4.44. The molecular weight excluding hydrogens is 368 g/mol. The van der Waals surface area contributed by atoms with E-state index in [2.05, 4.69) is 10.2 Å². The molecule has 0 unspecified atom stereocenters. The Balaban J connectivity index is 1.45. The molecule has 5 rings (SSSR count). The van der Waals surface area contributed by atoms with Crippen molar-refractivity contribution in [3.05, 3.63) is 16.3 Å². The summed E-state index contributed by atoms with van der Waals surface area (Å²) in [5, 5.41) is 5.24. The Hall–Kier alpha value is -1.24. The lowest BCUT2D eigenvalue weighted by atomic mass is 9.96. The molecule has 2 fully saturated rings. The highest BCUT2D eigenvalue weighted by atomic mass is 32.1. The molecule has 0 atom stereocenters. The standard InChI is InChI=1S/C22H32N4OS/c1-2-4-7-16(8-5-3-1)23-21-20-17-9-6-10-18(17)28-22(20)25-19(24-21)15-26-11-13-27-14-12-26/h16H,1-15H2,(H,23,24,25). The first-order chi connectivity index (χ1) is 13.9. The SMILES string of the molecule is C1CCCC(Nc2nc(CN3CCOCC3)nc3sc4c(c23)CCC4)CCC1. The first-order valence-corrected chi connectivity index (χ1v) is 12.1. The number of ether oxygens (including phenoxy) is 1. The fraction of sp³-hybridized carbons (Fsp3) is 0.727.